The van der Waals surface area contributed by atoms with Crippen molar-refractivity contribution in [3.63, 3.8) is 0 Å². The first-order chi connectivity index (χ1) is 8.79. The molecule has 1 rings (SSSR count). The monoisotopic (exact) mass is 297 g/mol. The zero-order valence-electron chi connectivity index (χ0n) is 9.25. The quantitative estimate of drug-likeness (QED) is 0.505. The van der Waals surface area contributed by atoms with Crippen LogP contribution in [0.15, 0.2) is 41.4 Å². The second-order valence-corrected chi connectivity index (χ2v) is 4.31. The highest BCUT2D eigenvalue weighted by Crippen LogP contribution is 2.26. The van der Waals surface area contributed by atoms with Gasteiger partial charge in [0.05, 0.1) is 0 Å². The number of carbonyl (C=O) groups excluding carboxylic acids is 1. The van der Waals surface area contributed by atoms with E-state index in [2.05, 4.69) is 5.32 Å². The number of hydrogen-bond acceptors (Lipinski definition) is 3. The van der Waals surface area contributed by atoms with E-state index in [1.54, 1.807) is 0 Å². The van der Waals surface area contributed by atoms with Crippen LogP contribution in [-0.4, -0.2) is 17.7 Å². The predicted octanol–water partition coefficient (Wildman–Crippen LogP) is 4.06. The number of ketones is 1. The Morgan fingerprint density at radius 3 is 2.26 bits per heavy atom. The minimum Gasteiger partial charge on any atom is -0.362 e. The van der Waals surface area contributed by atoms with Crippen molar-refractivity contribution in [2.24, 2.45) is 0 Å². The van der Waals surface area contributed by atoms with E-state index < -0.39 is 17.7 Å². The van der Waals surface area contributed by atoms with Gasteiger partial charge in [0, 0.05) is 22.9 Å². The van der Waals surface area contributed by atoms with E-state index >= 15 is 0 Å². The van der Waals surface area contributed by atoms with Crippen LogP contribution in [0.1, 0.15) is 0 Å². The Hall–Kier alpha value is -1.57. The third-order valence-corrected chi connectivity index (χ3v) is 2.57. The number of benzene rings is 1. The molecule has 1 aromatic rings. The zero-order valence-corrected chi connectivity index (χ0v) is 10.1. The molecular formula is C11H8F5NOS. The molecule has 19 heavy (non-hydrogen) atoms. The highest BCUT2D eigenvalue weighted by Gasteiger charge is 2.35. The molecule has 0 aliphatic carbocycles. The fourth-order valence-electron chi connectivity index (χ4n) is 1.04. The predicted molar refractivity (Wildman–Crippen MR) is 62.1 cm³/mol. The van der Waals surface area contributed by atoms with Gasteiger partial charge in [0.25, 0.3) is 11.5 Å². The van der Waals surface area contributed by atoms with Crippen LogP contribution in [0, 0.1) is 0 Å². The van der Waals surface area contributed by atoms with Crippen molar-refractivity contribution in [2.45, 2.75) is 16.8 Å². The maximum Gasteiger partial charge on any atom is 0.454 e. The van der Waals surface area contributed by atoms with Crippen molar-refractivity contribution in [1.29, 1.82) is 0 Å². The molecule has 0 saturated heterocycles. The summed E-state index contributed by atoms with van der Waals surface area (Å²) in [6.07, 6.45) is -3.72. The van der Waals surface area contributed by atoms with Gasteiger partial charge in [-0.1, -0.05) is 11.8 Å². The summed E-state index contributed by atoms with van der Waals surface area (Å²) < 4.78 is 59.6. The van der Waals surface area contributed by atoms with Gasteiger partial charge in [-0.25, -0.2) is 0 Å². The Bertz CT molecular complexity index is 455. The van der Waals surface area contributed by atoms with Crippen molar-refractivity contribution < 1.29 is 26.7 Å². The summed E-state index contributed by atoms with van der Waals surface area (Å²) in [4.78, 5) is 10.8. The summed E-state index contributed by atoms with van der Waals surface area (Å²) in [5, 5.41) is 2.43. The highest BCUT2D eigenvalue weighted by atomic mass is 32.2. The maximum atomic E-state index is 12.0. The molecule has 0 amide bonds. The minimum absolute atomic E-state index is 0.330. The number of nitrogens with one attached hydrogen (secondary N) is 1. The molecule has 0 aromatic heterocycles. The molecule has 0 heterocycles. The summed E-state index contributed by atoms with van der Waals surface area (Å²) >= 11 is 0.357. The maximum absolute atomic E-state index is 12.0. The number of rotatable bonds is 5. The number of allylic oxidation sites excluding steroid dienone is 1. The topological polar surface area (TPSA) is 29.1 Å². The summed E-state index contributed by atoms with van der Waals surface area (Å²) in [7, 11) is 0. The molecule has 1 aromatic carbocycles. The van der Waals surface area contributed by atoms with Crippen LogP contribution in [0.4, 0.5) is 27.6 Å². The molecule has 0 bridgehead atoms. The lowest BCUT2D eigenvalue weighted by atomic mass is 10.3. The first-order valence-corrected chi connectivity index (χ1v) is 5.76. The van der Waals surface area contributed by atoms with Gasteiger partial charge in [-0.3, -0.25) is 4.79 Å². The summed E-state index contributed by atoms with van der Waals surface area (Å²) in [5.41, 5.74) is 0.379. The number of anilines is 1. The van der Waals surface area contributed by atoms with Crippen LogP contribution < -0.4 is 5.32 Å². The molecule has 0 unspecified atom stereocenters. The van der Waals surface area contributed by atoms with Gasteiger partial charge >= 0.3 is 6.18 Å². The molecular weight excluding hydrogens is 289 g/mol. The Morgan fingerprint density at radius 1 is 1.21 bits per heavy atom. The van der Waals surface area contributed by atoms with Gasteiger partial charge in [-0.15, -0.1) is 0 Å². The van der Waals surface area contributed by atoms with Gasteiger partial charge in [0.2, 0.25) is 0 Å². The number of thioether (sulfide) groups is 1. The number of halogens is 5. The lowest BCUT2D eigenvalue weighted by Crippen LogP contribution is -2.20. The molecule has 0 spiro atoms. The molecule has 0 saturated carbocycles. The molecule has 0 fully saturated rings. The van der Waals surface area contributed by atoms with E-state index in [9.17, 15) is 26.7 Å². The molecule has 0 radical (unpaired) electrons. The third-order valence-electron chi connectivity index (χ3n) is 1.84. The first-order valence-electron chi connectivity index (χ1n) is 4.88. The van der Waals surface area contributed by atoms with Crippen LogP contribution in [0.25, 0.3) is 0 Å². The molecule has 0 atom stereocenters. The van der Waals surface area contributed by atoms with Crippen molar-refractivity contribution >= 4 is 23.2 Å². The van der Waals surface area contributed by atoms with Crippen LogP contribution >= 0.6 is 11.8 Å². The van der Waals surface area contributed by atoms with Crippen molar-refractivity contribution in [1.82, 2.24) is 0 Å². The molecule has 2 nitrogen and oxygen atoms in total. The Balaban J connectivity index is 2.55. The fourth-order valence-corrected chi connectivity index (χ4v) is 1.54. The van der Waals surface area contributed by atoms with E-state index in [1.807, 2.05) is 0 Å². The van der Waals surface area contributed by atoms with Crippen LogP contribution in [0.2, 0.25) is 0 Å². The lowest BCUT2D eigenvalue weighted by molar-refractivity contribution is -0.165. The summed E-state index contributed by atoms with van der Waals surface area (Å²) in [6.45, 7) is 0. The smallest absolute Gasteiger partial charge is 0.362 e. The largest absolute Gasteiger partial charge is 0.454 e. The number of hydrogen-bond donors (Lipinski definition) is 1. The molecule has 104 valence electrons. The fraction of sp³-hybridized carbons (Fsp3) is 0.182. The average molecular weight is 297 g/mol. The van der Waals surface area contributed by atoms with E-state index in [1.165, 1.54) is 24.3 Å². The normalized spacial score (nSPS) is 12.1. The van der Waals surface area contributed by atoms with Crippen LogP contribution in [0.3, 0.4) is 0 Å². The molecule has 0 aliphatic rings. The number of carbonyl (C=O) groups is 1. The SMILES string of the molecule is O=C(/C=C/Nc1ccc(SC(F)F)cc1)C(F)(F)F. The Kier molecular flexibility index (Phi) is 5.34. The average Bonchev–Trinajstić information content (AvgIpc) is 2.29. The van der Waals surface area contributed by atoms with Crippen molar-refractivity contribution in [3.05, 3.63) is 36.5 Å². The second kappa shape index (κ2) is 6.55. The summed E-state index contributed by atoms with van der Waals surface area (Å²) in [5.74, 6) is -4.52. The molecule has 8 heteroatoms. The van der Waals surface area contributed by atoms with Crippen LogP contribution in [-0.2, 0) is 4.79 Å². The first kappa shape index (κ1) is 15.5. The number of alkyl halides is 5. The highest BCUT2D eigenvalue weighted by molar-refractivity contribution is 7.99. The Morgan fingerprint density at radius 2 is 1.79 bits per heavy atom. The lowest BCUT2D eigenvalue weighted by Gasteiger charge is -2.03. The zero-order chi connectivity index (χ0) is 14.5. The van der Waals surface area contributed by atoms with E-state index in [0.717, 1.165) is 6.20 Å². The second-order valence-electron chi connectivity index (χ2n) is 3.24. The van der Waals surface area contributed by atoms with Gasteiger partial charge in [0.1, 0.15) is 0 Å². The van der Waals surface area contributed by atoms with Gasteiger partial charge in [0.15, 0.2) is 0 Å². The van der Waals surface area contributed by atoms with E-state index in [0.29, 0.717) is 28.4 Å². The molecule has 0 aliphatic heterocycles. The molecule has 1 N–H and O–H groups in total. The van der Waals surface area contributed by atoms with Crippen molar-refractivity contribution in [3.8, 4) is 0 Å². The van der Waals surface area contributed by atoms with Gasteiger partial charge in [-0.2, -0.15) is 22.0 Å². The summed E-state index contributed by atoms with van der Waals surface area (Å²) in [6, 6.07) is 5.59. The Labute approximate surface area is 109 Å². The standard InChI is InChI=1S/C11H8F5NOS/c12-10(13)19-8-3-1-7(2-4-8)17-6-5-9(18)11(14,15)16/h1-6,10,17H/b6-5+. The van der Waals surface area contributed by atoms with Crippen molar-refractivity contribution in [2.75, 3.05) is 5.32 Å². The van der Waals surface area contributed by atoms with Gasteiger partial charge in [-0.05, 0) is 24.3 Å². The third kappa shape index (κ3) is 5.73. The van der Waals surface area contributed by atoms with Crippen LogP contribution in [0.5, 0.6) is 0 Å². The van der Waals surface area contributed by atoms with E-state index in [-0.39, 0.29) is 0 Å². The van der Waals surface area contributed by atoms with Gasteiger partial charge < -0.3 is 5.32 Å². The van der Waals surface area contributed by atoms with E-state index in [4.69, 9.17) is 0 Å². The minimum atomic E-state index is -4.91.